The van der Waals surface area contributed by atoms with E-state index in [-0.39, 0.29) is 45.6 Å². The number of aromatic nitrogens is 1. The third kappa shape index (κ3) is 10.2. The Morgan fingerprint density at radius 3 is 2.55 bits per heavy atom. The molecule has 3 N–H and O–H groups in total. The number of carbonyl (C=O) groups is 1. The molecule has 0 spiro atoms. The summed E-state index contributed by atoms with van der Waals surface area (Å²) < 4.78 is 10.3. The Bertz CT molecular complexity index is 996. The predicted octanol–water partition coefficient (Wildman–Crippen LogP) is 4.60. The number of aliphatic hydroxyl groups excluding tert-OH is 1. The summed E-state index contributed by atoms with van der Waals surface area (Å²) in [5.74, 6) is -0.392. The topological polar surface area (TPSA) is 101 Å². The van der Waals surface area contributed by atoms with E-state index in [0.717, 1.165) is 5.56 Å². The van der Waals surface area contributed by atoms with Crippen LogP contribution < -0.4 is 10.1 Å². The highest BCUT2D eigenvalue weighted by molar-refractivity contribution is 7.80. The summed E-state index contributed by atoms with van der Waals surface area (Å²) in [6.45, 7) is 8.34. The lowest BCUT2D eigenvalue weighted by molar-refractivity contribution is -0.146. The van der Waals surface area contributed by atoms with Crippen molar-refractivity contribution in [2.24, 2.45) is 0 Å². The first kappa shape index (κ1) is 27.7. The molecule has 0 aliphatic rings. The number of nitrogens with one attached hydrogen (secondary N) is 1. The predicted molar refractivity (Wildman–Crippen MR) is 134 cm³/mol. The summed E-state index contributed by atoms with van der Waals surface area (Å²) in [6.07, 6.45) is 4.64. The molecule has 0 aliphatic carbocycles. The van der Waals surface area contributed by atoms with Crippen LogP contribution in [0.5, 0.6) is 11.5 Å². The van der Waals surface area contributed by atoms with Gasteiger partial charge in [0.05, 0.1) is 12.1 Å². The van der Waals surface area contributed by atoms with Gasteiger partial charge in [-0.2, -0.15) is 0 Å². The lowest BCUT2D eigenvalue weighted by Crippen LogP contribution is -2.32. The van der Waals surface area contributed by atoms with Crippen LogP contribution in [0.3, 0.4) is 0 Å². The van der Waals surface area contributed by atoms with Crippen LogP contribution in [-0.4, -0.2) is 45.9 Å². The van der Waals surface area contributed by atoms with Crippen LogP contribution in [0.1, 0.15) is 18.2 Å². The van der Waals surface area contributed by atoms with Crippen LogP contribution in [0.25, 0.3) is 0 Å². The molecule has 0 aliphatic heterocycles. The van der Waals surface area contributed by atoms with E-state index in [9.17, 15) is 9.90 Å². The van der Waals surface area contributed by atoms with E-state index < -0.39 is 5.97 Å². The van der Waals surface area contributed by atoms with E-state index in [2.05, 4.69) is 23.5 Å². The third-order valence-electron chi connectivity index (χ3n) is 3.97. The Kier molecular flexibility index (Phi) is 12.3. The quantitative estimate of drug-likeness (QED) is 0.203. The Morgan fingerprint density at radius 1 is 1.33 bits per heavy atom. The highest BCUT2D eigenvalue weighted by atomic mass is 35.5. The van der Waals surface area contributed by atoms with Crippen molar-refractivity contribution in [3.8, 4) is 11.5 Å². The van der Waals surface area contributed by atoms with Gasteiger partial charge in [0.25, 0.3) is 0 Å². The fourth-order valence-corrected chi connectivity index (χ4v) is 2.74. The number of benzene rings is 1. The Labute approximate surface area is 204 Å². The highest BCUT2D eigenvalue weighted by Gasteiger charge is 2.15. The summed E-state index contributed by atoms with van der Waals surface area (Å²) in [5.41, 5.74) is 1.25. The van der Waals surface area contributed by atoms with Gasteiger partial charge in [-0.15, -0.1) is 0 Å². The minimum absolute atomic E-state index is 0.0401. The molecule has 1 heterocycles. The number of esters is 1. The molecule has 7 nitrogen and oxygen atoms in total. The number of ether oxygens (including phenoxy) is 2. The standard InChI is InChI=1S/C18H20N2O4S.C6H7ClO/c1-12(10-13-6-4-3-5-7-13)24-15(21)11-20-18(25)16-17(22)14(23-2)8-9-19-16;1-3-4-6(8)5(2)7/h3-9,12,22H,10-11H2,1-2H3,(H,20,25);3-4,8H,1-2H2/b;6-4+. The van der Waals surface area contributed by atoms with Crippen LogP contribution in [0, 0.1) is 0 Å². The van der Waals surface area contributed by atoms with Crippen molar-refractivity contribution in [3.05, 3.63) is 90.0 Å². The lowest BCUT2D eigenvalue weighted by atomic mass is 10.1. The summed E-state index contributed by atoms with van der Waals surface area (Å²) in [7, 11) is 1.43. The number of nitrogens with zero attached hydrogens (tertiary/aromatic N) is 1. The maximum absolute atomic E-state index is 11.9. The van der Waals surface area contributed by atoms with E-state index in [4.69, 9.17) is 38.4 Å². The average Bonchev–Trinajstić information content (AvgIpc) is 2.78. The van der Waals surface area contributed by atoms with Crippen molar-refractivity contribution in [1.82, 2.24) is 10.3 Å². The van der Waals surface area contributed by atoms with Crippen LogP contribution in [0.2, 0.25) is 0 Å². The van der Waals surface area contributed by atoms with Gasteiger partial charge in [0, 0.05) is 18.7 Å². The van der Waals surface area contributed by atoms with Gasteiger partial charge in [0.1, 0.15) is 29.1 Å². The van der Waals surface area contributed by atoms with Crippen LogP contribution >= 0.6 is 23.8 Å². The summed E-state index contributed by atoms with van der Waals surface area (Å²) in [6, 6.07) is 11.3. The van der Waals surface area contributed by atoms with Gasteiger partial charge in [-0.3, -0.25) is 4.79 Å². The van der Waals surface area contributed by atoms with Crippen molar-refractivity contribution < 1.29 is 24.5 Å². The molecule has 33 heavy (non-hydrogen) atoms. The summed E-state index contributed by atoms with van der Waals surface area (Å²) in [5, 5.41) is 21.6. The first-order valence-corrected chi connectivity index (χ1v) is 10.6. The van der Waals surface area contributed by atoms with Gasteiger partial charge in [-0.1, -0.05) is 73.4 Å². The second kappa shape index (κ2) is 14.7. The normalized spacial score (nSPS) is 11.3. The third-order valence-corrected chi connectivity index (χ3v) is 4.50. The average molecular weight is 491 g/mol. The largest absolute Gasteiger partial charge is 0.506 e. The van der Waals surface area contributed by atoms with Crippen LogP contribution in [0.15, 0.2) is 78.7 Å². The smallest absolute Gasteiger partial charge is 0.325 e. The van der Waals surface area contributed by atoms with Crippen molar-refractivity contribution in [2.45, 2.75) is 19.4 Å². The Balaban J connectivity index is 0.000000582. The number of pyridine rings is 1. The van der Waals surface area contributed by atoms with Gasteiger partial charge in [0.15, 0.2) is 11.5 Å². The Hall–Kier alpha value is -3.36. The number of halogens is 1. The molecule has 2 rings (SSSR count). The zero-order chi connectivity index (χ0) is 24.8. The number of hydrogen-bond acceptors (Lipinski definition) is 7. The van der Waals surface area contributed by atoms with E-state index >= 15 is 0 Å². The number of thiocarbonyl (C=S) groups is 1. The number of rotatable bonds is 9. The number of hydrogen-bond donors (Lipinski definition) is 3. The monoisotopic (exact) mass is 490 g/mol. The molecule has 0 saturated heterocycles. The molecule has 0 radical (unpaired) electrons. The SMILES string of the molecule is C=C/C=C(/O)C(=C)Cl.COc1ccnc(C(=S)NCC(=O)OC(C)Cc2ccccc2)c1O. The number of methoxy groups -OCH3 is 1. The minimum Gasteiger partial charge on any atom is -0.506 e. The zero-order valence-corrected chi connectivity index (χ0v) is 20.0. The summed E-state index contributed by atoms with van der Waals surface area (Å²) >= 11 is 10.4. The Morgan fingerprint density at radius 2 is 2.00 bits per heavy atom. The van der Waals surface area contributed by atoms with Gasteiger partial charge in [-0.05, 0) is 18.6 Å². The van der Waals surface area contributed by atoms with Gasteiger partial charge < -0.3 is 25.0 Å². The molecule has 1 aromatic carbocycles. The van der Waals surface area contributed by atoms with Gasteiger partial charge in [0.2, 0.25) is 0 Å². The van der Waals surface area contributed by atoms with E-state index in [1.54, 1.807) is 0 Å². The van der Waals surface area contributed by atoms with Crippen molar-refractivity contribution in [2.75, 3.05) is 13.7 Å². The maximum Gasteiger partial charge on any atom is 0.325 e. The fourth-order valence-electron chi connectivity index (χ4n) is 2.46. The molecule has 176 valence electrons. The molecule has 1 unspecified atom stereocenters. The maximum atomic E-state index is 11.9. The summed E-state index contributed by atoms with van der Waals surface area (Å²) in [4.78, 5) is 16.1. The molecule has 0 saturated carbocycles. The number of aromatic hydroxyl groups is 1. The van der Waals surface area contributed by atoms with Crippen LogP contribution in [0.4, 0.5) is 0 Å². The zero-order valence-electron chi connectivity index (χ0n) is 18.5. The van der Waals surface area contributed by atoms with E-state index in [1.807, 2.05) is 37.3 Å². The first-order valence-electron chi connectivity index (χ1n) is 9.79. The van der Waals surface area contributed by atoms with E-state index in [0.29, 0.717) is 6.42 Å². The number of allylic oxidation sites excluding steroid dienone is 3. The molecule has 0 fully saturated rings. The first-order chi connectivity index (χ1) is 15.7. The minimum atomic E-state index is -0.437. The number of carbonyl (C=O) groups excluding carboxylic acids is 1. The molecule has 0 bridgehead atoms. The van der Waals surface area contributed by atoms with Crippen molar-refractivity contribution >= 4 is 34.8 Å². The number of aliphatic hydroxyl groups is 1. The molecule has 0 amide bonds. The van der Waals surface area contributed by atoms with Gasteiger partial charge >= 0.3 is 5.97 Å². The second-order valence-electron chi connectivity index (χ2n) is 6.58. The van der Waals surface area contributed by atoms with E-state index in [1.165, 1.54) is 31.5 Å². The highest BCUT2D eigenvalue weighted by Crippen LogP contribution is 2.27. The van der Waals surface area contributed by atoms with Crippen LogP contribution in [-0.2, 0) is 16.0 Å². The molecule has 1 aromatic heterocycles. The van der Waals surface area contributed by atoms with Crippen molar-refractivity contribution in [1.29, 1.82) is 0 Å². The molecular formula is C24H27ClN2O5S. The fraction of sp³-hybridized carbons (Fsp3) is 0.208. The molecule has 2 aromatic rings. The van der Waals surface area contributed by atoms with Crippen molar-refractivity contribution in [3.63, 3.8) is 0 Å². The van der Waals surface area contributed by atoms with Gasteiger partial charge in [-0.25, -0.2) is 4.98 Å². The molecule has 9 heteroatoms. The lowest BCUT2D eigenvalue weighted by Gasteiger charge is -2.14. The second-order valence-corrected chi connectivity index (χ2v) is 7.44. The molecule has 1 atom stereocenters. The molecular weight excluding hydrogens is 464 g/mol.